The van der Waals surface area contributed by atoms with Crippen molar-refractivity contribution in [1.82, 2.24) is 15.5 Å². The normalized spacial score (nSPS) is 17.0. The summed E-state index contributed by atoms with van der Waals surface area (Å²) in [5, 5.41) is 7.05. The summed E-state index contributed by atoms with van der Waals surface area (Å²) < 4.78 is 10.8. The summed E-state index contributed by atoms with van der Waals surface area (Å²) in [4.78, 5) is 16.6. The Kier molecular flexibility index (Phi) is 4.55. The Bertz CT molecular complexity index is 718. The van der Waals surface area contributed by atoms with Crippen LogP contribution in [0.3, 0.4) is 0 Å². The maximum atomic E-state index is 12.3. The van der Waals surface area contributed by atoms with Crippen LogP contribution in [0.15, 0.2) is 28.8 Å². The highest BCUT2D eigenvalue weighted by Gasteiger charge is 2.24. The number of hydrogen-bond donors (Lipinski definition) is 1. The van der Waals surface area contributed by atoms with Crippen molar-refractivity contribution in [2.45, 2.75) is 51.5 Å². The third-order valence-electron chi connectivity index (χ3n) is 4.00. The van der Waals surface area contributed by atoms with Crippen LogP contribution in [0.25, 0.3) is 0 Å². The first kappa shape index (κ1) is 16.5. The first-order chi connectivity index (χ1) is 11.4. The lowest BCUT2D eigenvalue weighted by atomic mass is 9.96. The van der Waals surface area contributed by atoms with Crippen LogP contribution >= 0.6 is 0 Å². The molecule has 1 N–H and O–H groups in total. The zero-order valence-electron chi connectivity index (χ0n) is 14.3. The van der Waals surface area contributed by atoms with Crippen LogP contribution in [0.2, 0.25) is 0 Å². The molecule has 1 amide bonds. The lowest BCUT2D eigenvalue weighted by molar-refractivity contribution is -0.122. The van der Waals surface area contributed by atoms with Crippen LogP contribution in [0.4, 0.5) is 0 Å². The van der Waals surface area contributed by atoms with Gasteiger partial charge in [-0.3, -0.25) is 4.79 Å². The molecule has 0 saturated heterocycles. The fourth-order valence-electron chi connectivity index (χ4n) is 2.64. The minimum absolute atomic E-state index is 0.00438. The number of carbonyl (C=O) groups excluding carboxylic acids is 1. The predicted molar refractivity (Wildman–Crippen MR) is 88.8 cm³/mol. The summed E-state index contributed by atoms with van der Waals surface area (Å²) in [5.74, 6) is 1.99. The van der Waals surface area contributed by atoms with E-state index in [-0.39, 0.29) is 17.4 Å². The number of carbonyl (C=O) groups is 1. The summed E-state index contributed by atoms with van der Waals surface area (Å²) in [6.07, 6.45) is 1.54. The van der Waals surface area contributed by atoms with E-state index in [4.69, 9.17) is 9.26 Å². The van der Waals surface area contributed by atoms with Crippen LogP contribution < -0.4 is 10.1 Å². The Morgan fingerprint density at radius 1 is 1.33 bits per heavy atom. The van der Waals surface area contributed by atoms with Gasteiger partial charge in [0.1, 0.15) is 5.75 Å². The molecule has 0 saturated carbocycles. The second-order valence-corrected chi connectivity index (χ2v) is 7.06. The third kappa shape index (κ3) is 3.75. The molecule has 6 heteroatoms. The largest absolute Gasteiger partial charge is 0.493 e. The van der Waals surface area contributed by atoms with Gasteiger partial charge >= 0.3 is 0 Å². The molecule has 2 aromatic rings. The number of benzene rings is 1. The summed E-state index contributed by atoms with van der Waals surface area (Å²) in [7, 11) is 0. The molecule has 2 heterocycles. The molecule has 0 bridgehead atoms. The highest BCUT2D eigenvalue weighted by Crippen LogP contribution is 2.31. The van der Waals surface area contributed by atoms with Crippen molar-refractivity contribution < 1.29 is 14.1 Å². The Balaban J connectivity index is 1.56. The van der Waals surface area contributed by atoms with Gasteiger partial charge in [-0.2, -0.15) is 4.98 Å². The molecule has 0 aliphatic carbocycles. The predicted octanol–water partition coefficient (Wildman–Crippen LogP) is 2.94. The Morgan fingerprint density at radius 2 is 2.12 bits per heavy atom. The van der Waals surface area contributed by atoms with E-state index in [0.717, 1.165) is 17.7 Å². The Hall–Kier alpha value is -2.37. The van der Waals surface area contributed by atoms with E-state index in [0.29, 0.717) is 31.2 Å². The van der Waals surface area contributed by atoms with Crippen LogP contribution in [0.5, 0.6) is 5.75 Å². The molecule has 0 fully saturated rings. The van der Waals surface area contributed by atoms with E-state index in [2.05, 4.69) is 15.5 Å². The van der Waals surface area contributed by atoms with Crippen molar-refractivity contribution in [2.24, 2.45) is 0 Å². The topological polar surface area (TPSA) is 77.2 Å². The minimum Gasteiger partial charge on any atom is -0.493 e. The van der Waals surface area contributed by atoms with Gasteiger partial charge in [0.15, 0.2) is 5.82 Å². The lowest BCUT2D eigenvalue weighted by Gasteiger charge is -2.26. The monoisotopic (exact) mass is 329 g/mol. The second-order valence-electron chi connectivity index (χ2n) is 7.06. The van der Waals surface area contributed by atoms with E-state index in [1.165, 1.54) is 0 Å². The number of nitrogens with zero attached hydrogens (tertiary/aromatic N) is 2. The molecule has 0 unspecified atom stereocenters. The maximum Gasteiger partial charge on any atom is 0.227 e. The molecule has 1 aromatic carbocycles. The molecule has 1 aliphatic heterocycles. The van der Waals surface area contributed by atoms with Crippen molar-refractivity contribution in [1.29, 1.82) is 0 Å². The third-order valence-corrected chi connectivity index (χ3v) is 4.00. The fourth-order valence-corrected chi connectivity index (χ4v) is 2.64. The van der Waals surface area contributed by atoms with Crippen LogP contribution in [-0.2, 0) is 16.6 Å². The summed E-state index contributed by atoms with van der Waals surface area (Å²) in [6, 6.07) is 7.81. The molecular weight excluding hydrogens is 306 g/mol. The van der Waals surface area contributed by atoms with Gasteiger partial charge in [-0.15, -0.1) is 0 Å². The smallest absolute Gasteiger partial charge is 0.227 e. The van der Waals surface area contributed by atoms with Gasteiger partial charge in [0, 0.05) is 30.2 Å². The highest BCUT2D eigenvalue weighted by atomic mass is 16.5. The van der Waals surface area contributed by atoms with Crippen LogP contribution in [-0.4, -0.2) is 22.7 Å². The highest BCUT2D eigenvalue weighted by molar-refractivity contribution is 5.76. The maximum absolute atomic E-state index is 12.3. The van der Waals surface area contributed by atoms with Crippen molar-refractivity contribution in [2.75, 3.05) is 6.61 Å². The van der Waals surface area contributed by atoms with Gasteiger partial charge in [0.25, 0.3) is 0 Å². The van der Waals surface area contributed by atoms with Gasteiger partial charge in [-0.25, -0.2) is 0 Å². The molecule has 0 radical (unpaired) electrons. The molecule has 128 valence electrons. The number of fused-ring (bicyclic) bond motifs is 1. The molecule has 1 aromatic heterocycles. The van der Waals surface area contributed by atoms with Crippen LogP contribution in [0, 0.1) is 0 Å². The van der Waals surface area contributed by atoms with E-state index < -0.39 is 0 Å². The molecule has 24 heavy (non-hydrogen) atoms. The average Bonchev–Trinajstić information content (AvgIpc) is 3.03. The number of aromatic nitrogens is 2. The van der Waals surface area contributed by atoms with Gasteiger partial charge in [0.2, 0.25) is 11.8 Å². The number of rotatable bonds is 4. The first-order valence-corrected chi connectivity index (χ1v) is 8.27. The van der Waals surface area contributed by atoms with Crippen LogP contribution in [0.1, 0.15) is 56.9 Å². The number of hydrogen-bond acceptors (Lipinski definition) is 5. The molecule has 1 aliphatic rings. The number of ether oxygens (including phenoxy) is 1. The number of nitrogens with one attached hydrogen (secondary N) is 1. The van der Waals surface area contributed by atoms with Gasteiger partial charge in [-0.05, 0) is 6.07 Å². The average molecular weight is 329 g/mol. The summed E-state index contributed by atoms with van der Waals surface area (Å²) in [6.45, 7) is 6.69. The van der Waals surface area contributed by atoms with Gasteiger partial charge < -0.3 is 14.6 Å². The lowest BCUT2D eigenvalue weighted by Crippen LogP contribution is -2.32. The Morgan fingerprint density at radius 3 is 2.88 bits per heavy atom. The van der Waals surface area contributed by atoms with E-state index in [9.17, 15) is 4.79 Å². The quantitative estimate of drug-likeness (QED) is 0.933. The van der Waals surface area contributed by atoms with Crippen molar-refractivity contribution in [3.63, 3.8) is 0 Å². The van der Waals surface area contributed by atoms with E-state index >= 15 is 0 Å². The van der Waals surface area contributed by atoms with Crippen molar-refractivity contribution in [3.05, 3.63) is 41.5 Å². The molecule has 6 nitrogen and oxygen atoms in total. The van der Waals surface area contributed by atoms with Gasteiger partial charge in [-0.1, -0.05) is 44.1 Å². The SMILES string of the molecule is CC(C)(C)c1noc(CCC(=O)N[C@H]2CCOc3ccccc32)n1. The molecular formula is C18H23N3O3. The number of aryl methyl sites for hydroxylation is 1. The van der Waals surface area contributed by atoms with Crippen molar-refractivity contribution >= 4 is 5.91 Å². The number of para-hydroxylation sites is 1. The second kappa shape index (κ2) is 6.63. The summed E-state index contributed by atoms with van der Waals surface area (Å²) in [5.41, 5.74) is 0.875. The fraction of sp³-hybridized carbons (Fsp3) is 0.500. The first-order valence-electron chi connectivity index (χ1n) is 8.27. The zero-order valence-corrected chi connectivity index (χ0v) is 14.3. The van der Waals surface area contributed by atoms with Gasteiger partial charge in [0.05, 0.1) is 12.6 Å². The molecule has 1 atom stereocenters. The molecule has 3 rings (SSSR count). The molecule has 0 spiro atoms. The minimum atomic E-state index is -0.157. The number of amides is 1. The summed E-state index contributed by atoms with van der Waals surface area (Å²) >= 11 is 0. The van der Waals surface area contributed by atoms with E-state index in [1.807, 2.05) is 45.0 Å². The standard InChI is InChI=1S/C18H23N3O3/c1-18(2,3)17-20-16(24-21-17)9-8-15(22)19-13-10-11-23-14-7-5-4-6-12(13)14/h4-7,13H,8-11H2,1-3H3,(H,19,22)/t13-/m0/s1. The zero-order chi connectivity index (χ0) is 17.2. The van der Waals surface area contributed by atoms with E-state index in [1.54, 1.807) is 0 Å². The van der Waals surface area contributed by atoms with Crippen molar-refractivity contribution in [3.8, 4) is 5.75 Å². The Labute approximate surface area is 141 Å².